The van der Waals surface area contributed by atoms with Crippen molar-refractivity contribution >= 4 is 58.0 Å². The van der Waals surface area contributed by atoms with Gasteiger partial charge in [-0.25, -0.2) is 9.78 Å². The maximum Gasteiger partial charge on any atom is 0.490 e. The van der Waals surface area contributed by atoms with Gasteiger partial charge >= 0.3 is 12.1 Å². The number of aromatic nitrogens is 1. The minimum absolute atomic E-state index is 0.579. The Kier molecular flexibility index (Phi) is 8.94. The molecule has 6 nitrogen and oxygen atoms in total. The first-order valence-electron chi connectivity index (χ1n) is 9.38. The van der Waals surface area contributed by atoms with Crippen LogP contribution in [-0.2, 0) is 4.79 Å². The van der Waals surface area contributed by atoms with Gasteiger partial charge in [-0.2, -0.15) is 13.2 Å². The van der Waals surface area contributed by atoms with Gasteiger partial charge in [-0.15, -0.1) is 0 Å². The second kappa shape index (κ2) is 11.0. The highest BCUT2D eigenvalue weighted by Gasteiger charge is 2.38. The largest absolute Gasteiger partial charge is 0.490 e. The van der Waals surface area contributed by atoms with E-state index in [1.165, 1.54) is 5.56 Å². The molecule has 0 bridgehead atoms. The van der Waals surface area contributed by atoms with Crippen molar-refractivity contribution in [2.45, 2.75) is 20.0 Å². The Bertz CT molecular complexity index is 964. The van der Waals surface area contributed by atoms with E-state index in [9.17, 15) is 13.2 Å². The highest BCUT2D eigenvalue weighted by atomic mass is 35.5. The van der Waals surface area contributed by atoms with Gasteiger partial charge in [0.25, 0.3) is 0 Å². The number of aryl methyl sites for hydroxylation is 2. The topological polar surface area (TPSA) is 68.7 Å². The van der Waals surface area contributed by atoms with E-state index >= 15 is 0 Å². The van der Waals surface area contributed by atoms with Gasteiger partial charge in [0.1, 0.15) is 5.82 Å². The van der Waals surface area contributed by atoms with E-state index in [1.807, 2.05) is 37.3 Å². The molecule has 0 unspecified atom stereocenters. The van der Waals surface area contributed by atoms with Crippen LogP contribution in [0, 0.1) is 13.8 Å². The van der Waals surface area contributed by atoms with Crippen molar-refractivity contribution in [1.82, 2.24) is 9.88 Å². The van der Waals surface area contributed by atoms with Crippen LogP contribution in [0.4, 0.5) is 24.7 Å². The lowest BCUT2D eigenvalue weighted by molar-refractivity contribution is -0.192. The van der Waals surface area contributed by atoms with Crippen LogP contribution in [0.15, 0.2) is 30.3 Å². The molecule has 0 spiro atoms. The molecule has 2 aromatic rings. The molecule has 32 heavy (non-hydrogen) atoms. The molecule has 1 aliphatic rings. The molecule has 1 aromatic carbocycles. The maximum absolute atomic E-state index is 10.6. The van der Waals surface area contributed by atoms with Crippen molar-refractivity contribution in [3.8, 4) is 0 Å². The number of alkyl halides is 3. The predicted octanol–water partition coefficient (Wildman–Crippen LogP) is 5.16. The average Bonchev–Trinajstić information content (AvgIpc) is 2.69. The lowest BCUT2D eigenvalue weighted by Crippen LogP contribution is -2.50. The monoisotopic (exact) mass is 508 g/mol. The van der Waals surface area contributed by atoms with Crippen LogP contribution in [0.25, 0.3) is 0 Å². The fourth-order valence-corrected chi connectivity index (χ4v) is 3.52. The summed E-state index contributed by atoms with van der Waals surface area (Å²) in [4.78, 5) is 17.8. The molecule has 174 valence electrons. The van der Waals surface area contributed by atoms with E-state index in [0.717, 1.165) is 43.4 Å². The molecule has 0 atom stereocenters. The number of carboxylic acid groups (broad SMARTS) is 1. The molecular weight excluding hydrogens is 488 g/mol. The molecule has 0 aliphatic carbocycles. The number of piperazine rings is 1. The molecular formula is C20H21Cl2F3N4O2S. The fraction of sp³-hybridized carbons (Fsp3) is 0.350. The Hall–Kier alpha value is -2.30. The summed E-state index contributed by atoms with van der Waals surface area (Å²) < 4.78 is 31.7. The van der Waals surface area contributed by atoms with Crippen LogP contribution in [0.2, 0.25) is 10.0 Å². The van der Waals surface area contributed by atoms with Crippen molar-refractivity contribution < 1.29 is 23.1 Å². The third-order valence-electron chi connectivity index (χ3n) is 4.41. The minimum Gasteiger partial charge on any atom is -0.475 e. The van der Waals surface area contributed by atoms with Gasteiger partial charge in [0.2, 0.25) is 0 Å². The normalized spacial score (nSPS) is 13.8. The summed E-state index contributed by atoms with van der Waals surface area (Å²) in [6.07, 6.45) is -5.08. The zero-order chi connectivity index (χ0) is 24.1. The second-order valence-corrected chi connectivity index (χ2v) is 8.18. The Morgan fingerprint density at radius 3 is 2.19 bits per heavy atom. The second-order valence-electron chi connectivity index (χ2n) is 6.98. The summed E-state index contributed by atoms with van der Waals surface area (Å²) in [5, 5.41) is 12.3. The number of thiocarbonyl (C=S) groups is 1. The number of benzene rings is 1. The van der Waals surface area contributed by atoms with Crippen molar-refractivity contribution in [2.24, 2.45) is 0 Å². The first kappa shape index (κ1) is 26.0. The van der Waals surface area contributed by atoms with Crippen molar-refractivity contribution in [1.29, 1.82) is 0 Å². The number of nitrogens with one attached hydrogen (secondary N) is 1. The summed E-state index contributed by atoms with van der Waals surface area (Å²) in [5.74, 6) is -1.96. The molecule has 0 saturated carbocycles. The molecule has 2 N–H and O–H groups in total. The molecule has 1 aromatic heterocycles. The predicted molar refractivity (Wildman–Crippen MR) is 124 cm³/mol. The SMILES string of the molecule is Cc1cc(C)nc(NC(=S)N2CCN(c3ccc(Cl)c(Cl)c3)CC2)c1.O=C(O)C(F)(F)F. The zero-order valence-corrected chi connectivity index (χ0v) is 19.5. The van der Waals surface area contributed by atoms with E-state index in [4.69, 9.17) is 45.3 Å². The number of anilines is 2. The Morgan fingerprint density at radius 1 is 1.09 bits per heavy atom. The lowest BCUT2D eigenvalue weighted by atomic mass is 10.2. The molecule has 1 fully saturated rings. The van der Waals surface area contributed by atoms with Gasteiger partial charge in [-0.1, -0.05) is 23.2 Å². The number of aliphatic carboxylic acids is 1. The van der Waals surface area contributed by atoms with Crippen LogP contribution >= 0.6 is 35.4 Å². The number of halogens is 5. The summed E-state index contributed by atoms with van der Waals surface area (Å²) in [7, 11) is 0. The maximum atomic E-state index is 10.6. The van der Waals surface area contributed by atoms with Gasteiger partial charge in [-0.05, 0) is 62.0 Å². The van der Waals surface area contributed by atoms with E-state index in [1.54, 1.807) is 0 Å². The van der Waals surface area contributed by atoms with Gasteiger partial charge in [-0.3, -0.25) is 0 Å². The summed E-state index contributed by atoms with van der Waals surface area (Å²) in [5.41, 5.74) is 3.24. The average molecular weight is 509 g/mol. The number of pyridine rings is 1. The third-order valence-corrected chi connectivity index (χ3v) is 5.51. The van der Waals surface area contributed by atoms with Crippen LogP contribution in [0.5, 0.6) is 0 Å². The van der Waals surface area contributed by atoms with Crippen molar-refractivity contribution in [3.63, 3.8) is 0 Å². The molecule has 1 aliphatic heterocycles. The summed E-state index contributed by atoms with van der Waals surface area (Å²) >= 11 is 17.7. The summed E-state index contributed by atoms with van der Waals surface area (Å²) in [6.45, 7) is 7.48. The van der Waals surface area contributed by atoms with Crippen LogP contribution in [0.3, 0.4) is 0 Å². The number of carboxylic acids is 1. The van der Waals surface area contributed by atoms with Gasteiger partial charge in [0.05, 0.1) is 10.0 Å². The number of nitrogens with zero attached hydrogens (tertiary/aromatic N) is 3. The van der Waals surface area contributed by atoms with Crippen molar-refractivity contribution in [2.75, 3.05) is 36.4 Å². The Balaban J connectivity index is 0.000000451. The fourth-order valence-electron chi connectivity index (χ4n) is 2.94. The highest BCUT2D eigenvalue weighted by molar-refractivity contribution is 7.80. The van der Waals surface area contributed by atoms with Crippen molar-refractivity contribution in [3.05, 3.63) is 51.6 Å². The van der Waals surface area contributed by atoms with Gasteiger partial charge < -0.3 is 20.2 Å². The number of hydrogen-bond acceptors (Lipinski definition) is 4. The standard InChI is InChI=1S/C18H20Cl2N4S.C2HF3O2/c1-12-9-13(2)21-17(10-12)22-18(25)24-7-5-23(6-8-24)14-3-4-15(19)16(20)11-14;3-2(4,5)1(6)7/h3-4,9-11H,5-8H2,1-2H3,(H,21,22,25);(H,6,7). The molecule has 1 saturated heterocycles. The molecule has 2 heterocycles. The number of carbonyl (C=O) groups is 1. The lowest BCUT2D eigenvalue weighted by Gasteiger charge is -2.37. The van der Waals surface area contributed by atoms with E-state index in [0.29, 0.717) is 15.2 Å². The van der Waals surface area contributed by atoms with E-state index < -0.39 is 12.1 Å². The molecule has 12 heteroatoms. The van der Waals surface area contributed by atoms with Gasteiger partial charge in [0.15, 0.2) is 5.11 Å². The Labute approximate surface area is 198 Å². The highest BCUT2D eigenvalue weighted by Crippen LogP contribution is 2.27. The van der Waals surface area contributed by atoms with Crippen LogP contribution in [-0.4, -0.2) is 58.4 Å². The minimum atomic E-state index is -5.08. The first-order valence-corrected chi connectivity index (χ1v) is 10.5. The van der Waals surface area contributed by atoms with Gasteiger partial charge in [0, 0.05) is 37.6 Å². The quantitative estimate of drug-likeness (QED) is 0.543. The zero-order valence-electron chi connectivity index (χ0n) is 17.2. The smallest absolute Gasteiger partial charge is 0.475 e. The molecule has 3 rings (SSSR count). The van der Waals surface area contributed by atoms with Crippen LogP contribution in [0.1, 0.15) is 11.3 Å². The van der Waals surface area contributed by atoms with E-state index in [2.05, 4.69) is 27.0 Å². The van der Waals surface area contributed by atoms with E-state index in [-0.39, 0.29) is 0 Å². The third kappa shape index (κ3) is 7.68. The first-order chi connectivity index (χ1) is 14.9. The number of rotatable bonds is 2. The number of hydrogen-bond donors (Lipinski definition) is 2. The molecule has 0 amide bonds. The van der Waals surface area contributed by atoms with Crippen LogP contribution < -0.4 is 10.2 Å². The Morgan fingerprint density at radius 2 is 1.69 bits per heavy atom. The molecule has 0 radical (unpaired) electrons. The summed E-state index contributed by atoms with van der Waals surface area (Å²) in [6, 6.07) is 9.80.